The van der Waals surface area contributed by atoms with Gasteiger partial charge >= 0.3 is 0 Å². The lowest BCUT2D eigenvalue weighted by molar-refractivity contribution is -0.116. The first-order valence-electron chi connectivity index (χ1n) is 8.41. The monoisotopic (exact) mass is 354 g/mol. The molecule has 1 N–H and O–H groups in total. The zero-order valence-corrected chi connectivity index (χ0v) is 15.4. The fourth-order valence-electron chi connectivity index (χ4n) is 2.71. The second kappa shape index (κ2) is 7.98. The Labute approximate surface area is 144 Å². The molecular weight excluding hydrogens is 328 g/mol. The number of hydrogen-bond donors (Lipinski definition) is 1. The predicted octanol–water partition coefficient (Wildman–Crippen LogP) is 2.85. The zero-order chi connectivity index (χ0) is 17.7. The molecule has 7 heteroatoms. The third-order valence-corrected chi connectivity index (χ3v) is 5.72. The summed E-state index contributed by atoms with van der Waals surface area (Å²) in [5, 5.41) is 2.77. The number of benzene rings is 1. The van der Waals surface area contributed by atoms with E-state index in [-0.39, 0.29) is 16.7 Å². The Kier molecular flexibility index (Phi) is 6.23. The lowest BCUT2D eigenvalue weighted by Crippen LogP contribution is -2.28. The molecule has 1 aliphatic heterocycles. The molecule has 0 atom stereocenters. The van der Waals surface area contributed by atoms with E-state index in [1.807, 2.05) is 20.8 Å². The Morgan fingerprint density at radius 1 is 1.29 bits per heavy atom. The van der Waals surface area contributed by atoms with Crippen LogP contribution in [0.3, 0.4) is 0 Å². The molecule has 0 radical (unpaired) electrons. The van der Waals surface area contributed by atoms with Crippen molar-refractivity contribution in [3.8, 4) is 5.75 Å². The average molecular weight is 354 g/mol. The van der Waals surface area contributed by atoms with E-state index >= 15 is 0 Å². The fourth-order valence-corrected chi connectivity index (χ4v) is 4.39. The maximum absolute atomic E-state index is 12.9. The molecule has 0 aromatic heterocycles. The van der Waals surface area contributed by atoms with Gasteiger partial charge in [0.05, 0.1) is 6.61 Å². The molecule has 1 aliphatic rings. The van der Waals surface area contributed by atoms with E-state index in [0.717, 1.165) is 12.8 Å². The number of hydrogen-bond acceptors (Lipinski definition) is 4. The van der Waals surface area contributed by atoms with Crippen molar-refractivity contribution in [1.82, 2.24) is 4.31 Å². The van der Waals surface area contributed by atoms with Crippen molar-refractivity contribution in [2.24, 2.45) is 5.92 Å². The number of amides is 1. The highest BCUT2D eigenvalue weighted by molar-refractivity contribution is 7.89. The van der Waals surface area contributed by atoms with E-state index in [1.54, 1.807) is 12.1 Å². The summed E-state index contributed by atoms with van der Waals surface area (Å²) in [7, 11) is -3.62. The number of carbonyl (C=O) groups excluding carboxylic acids is 1. The smallest absolute Gasteiger partial charge is 0.246 e. The van der Waals surface area contributed by atoms with Crippen molar-refractivity contribution in [3.63, 3.8) is 0 Å². The maximum atomic E-state index is 12.9. The lowest BCUT2D eigenvalue weighted by atomic mass is 10.1. The average Bonchev–Trinajstić information content (AvgIpc) is 3.03. The van der Waals surface area contributed by atoms with Crippen LogP contribution in [0.2, 0.25) is 0 Å². The van der Waals surface area contributed by atoms with Crippen LogP contribution in [-0.2, 0) is 14.8 Å². The van der Waals surface area contributed by atoms with Gasteiger partial charge in [0.1, 0.15) is 10.6 Å². The van der Waals surface area contributed by atoms with E-state index in [9.17, 15) is 13.2 Å². The normalized spacial score (nSPS) is 15.7. The summed E-state index contributed by atoms with van der Waals surface area (Å²) >= 11 is 0. The molecule has 1 fully saturated rings. The van der Waals surface area contributed by atoms with Crippen molar-refractivity contribution in [2.75, 3.05) is 25.0 Å². The SMILES string of the molecule is CCOc1ccc(NC(=O)CC(C)C)cc1S(=O)(=O)N1CCCC1. The van der Waals surface area contributed by atoms with Gasteiger partial charge in [0.2, 0.25) is 15.9 Å². The Bertz CT molecular complexity index is 680. The number of nitrogens with one attached hydrogen (secondary N) is 1. The van der Waals surface area contributed by atoms with Crippen LogP contribution < -0.4 is 10.1 Å². The number of anilines is 1. The van der Waals surface area contributed by atoms with Crippen LogP contribution in [0.4, 0.5) is 5.69 Å². The highest BCUT2D eigenvalue weighted by atomic mass is 32.2. The molecule has 1 amide bonds. The number of nitrogens with zero attached hydrogens (tertiary/aromatic N) is 1. The molecule has 6 nitrogen and oxygen atoms in total. The Morgan fingerprint density at radius 3 is 2.54 bits per heavy atom. The first kappa shape index (κ1) is 18.7. The minimum atomic E-state index is -3.62. The van der Waals surface area contributed by atoms with Gasteiger partial charge in [-0.2, -0.15) is 4.31 Å². The summed E-state index contributed by atoms with van der Waals surface area (Å²) in [6.07, 6.45) is 2.13. The molecule has 1 aromatic carbocycles. The summed E-state index contributed by atoms with van der Waals surface area (Å²) in [5.41, 5.74) is 0.474. The van der Waals surface area contributed by atoms with Crippen molar-refractivity contribution < 1.29 is 17.9 Å². The number of sulfonamides is 1. The first-order valence-corrected chi connectivity index (χ1v) is 9.85. The van der Waals surface area contributed by atoms with E-state index < -0.39 is 10.0 Å². The van der Waals surface area contributed by atoms with Gasteiger partial charge in [-0.3, -0.25) is 4.79 Å². The second-order valence-electron chi connectivity index (χ2n) is 6.35. The Morgan fingerprint density at radius 2 is 1.96 bits per heavy atom. The first-order chi connectivity index (χ1) is 11.3. The molecule has 0 saturated carbocycles. The van der Waals surface area contributed by atoms with Crippen LogP contribution in [0.1, 0.15) is 40.0 Å². The molecule has 24 heavy (non-hydrogen) atoms. The van der Waals surface area contributed by atoms with Crippen LogP contribution in [0.5, 0.6) is 5.75 Å². The summed E-state index contributed by atoms with van der Waals surface area (Å²) in [6, 6.07) is 4.78. The van der Waals surface area contributed by atoms with Crippen molar-refractivity contribution in [1.29, 1.82) is 0 Å². The summed E-state index contributed by atoms with van der Waals surface area (Å²) in [6.45, 7) is 7.16. The molecule has 0 aliphatic carbocycles. The van der Waals surface area contributed by atoms with Gasteiger partial charge in [-0.25, -0.2) is 8.42 Å². The molecule has 1 heterocycles. The zero-order valence-electron chi connectivity index (χ0n) is 14.5. The van der Waals surface area contributed by atoms with Gasteiger partial charge in [0.15, 0.2) is 0 Å². The van der Waals surface area contributed by atoms with Crippen LogP contribution in [-0.4, -0.2) is 38.3 Å². The summed E-state index contributed by atoms with van der Waals surface area (Å²) in [4.78, 5) is 12.1. The van der Waals surface area contributed by atoms with Gasteiger partial charge in [0.25, 0.3) is 0 Å². The molecule has 134 valence electrons. The third-order valence-electron chi connectivity index (χ3n) is 3.80. The van der Waals surface area contributed by atoms with E-state index in [4.69, 9.17) is 4.74 Å². The third kappa shape index (κ3) is 4.48. The maximum Gasteiger partial charge on any atom is 0.246 e. The quantitative estimate of drug-likeness (QED) is 0.817. The Hall–Kier alpha value is -1.60. The second-order valence-corrected chi connectivity index (χ2v) is 8.26. The van der Waals surface area contributed by atoms with Gasteiger partial charge < -0.3 is 10.1 Å². The lowest BCUT2D eigenvalue weighted by Gasteiger charge is -2.19. The van der Waals surface area contributed by atoms with Crippen LogP contribution in [0.25, 0.3) is 0 Å². The number of rotatable bonds is 7. The van der Waals surface area contributed by atoms with Crippen LogP contribution >= 0.6 is 0 Å². The Balaban J connectivity index is 2.32. The molecular formula is C17H26N2O4S. The largest absolute Gasteiger partial charge is 0.492 e. The summed E-state index contributed by atoms with van der Waals surface area (Å²) in [5.74, 6) is 0.436. The molecule has 2 rings (SSSR count). The standard InChI is InChI=1S/C17H26N2O4S/c1-4-23-15-8-7-14(18-17(20)11-13(2)3)12-16(15)24(21,22)19-9-5-6-10-19/h7-8,12-13H,4-6,9-11H2,1-3H3,(H,18,20). The fraction of sp³-hybridized carbons (Fsp3) is 0.588. The topological polar surface area (TPSA) is 75.7 Å². The molecule has 0 bridgehead atoms. The van der Waals surface area contributed by atoms with Crippen molar-refractivity contribution in [3.05, 3.63) is 18.2 Å². The molecule has 1 aromatic rings. The van der Waals surface area contributed by atoms with E-state index in [1.165, 1.54) is 10.4 Å². The van der Waals surface area contributed by atoms with E-state index in [0.29, 0.717) is 37.6 Å². The van der Waals surface area contributed by atoms with Crippen molar-refractivity contribution >= 4 is 21.6 Å². The van der Waals surface area contributed by atoms with Gasteiger partial charge in [0, 0.05) is 25.2 Å². The van der Waals surface area contributed by atoms with Crippen LogP contribution in [0, 0.1) is 5.92 Å². The van der Waals surface area contributed by atoms with Gasteiger partial charge in [-0.15, -0.1) is 0 Å². The highest BCUT2D eigenvalue weighted by Crippen LogP contribution is 2.31. The minimum absolute atomic E-state index is 0.119. The molecule has 1 saturated heterocycles. The predicted molar refractivity (Wildman–Crippen MR) is 93.7 cm³/mol. The number of carbonyl (C=O) groups is 1. The molecule has 0 unspecified atom stereocenters. The van der Waals surface area contributed by atoms with Crippen molar-refractivity contribution in [2.45, 2.75) is 44.9 Å². The number of ether oxygens (including phenoxy) is 1. The van der Waals surface area contributed by atoms with E-state index in [2.05, 4.69) is 5.32 Å². The van der Waals surface area contributed by atoms with Gasteiger partial charge in [-0.1, -0.05) is 13.8 Å². The highest BCUT2D eigenvalue weighted by Gasteiger charge is 2.30. The minimum Gasteiger partial charge on any atom is -0.492 e. The molecule has 0 spiro atoms. The van der Waals surface area contributed by atoms with Crippen LogP contribution in [0.15, 0.2) is 23.1 Å². The van der Waals surface area contributed by atoms with Gasteiger partial charge in [-0.05, 0) is 43.9 Å². The summed E-state index contributed by atoms with van der Waals surface area (Å²) < 4.78 is 32.7.